The molecular weight excluding hydrogens is 506 g/mol. The first-order valence-electron chi connectivity index (χ1n) is 15.5. The van der Waals surface area contributed by atoms with Gasteiger partial charge < -0.3 is 30.1 Å². The lowest BCUT2D eigenvalue weighted by atomic mass is 9.43. The van der Waals surface area contributed by atoms with Gasteiger partial charge in [0.15, 0.2) is 0 Å². The lowest BCUT2D eigenvalue weighted by Crippen LogP contribution is -2.62. The first kappa shape index (κ1) is 29.7. The standard InChI is InChI=1S/C33H51NO6/c1-19(6-9-30(38)34-18-20-12-23(39-4)16-24(13-20)40-5)25-7-8-26-31-27(17-29(37)33(25,26)3)32(2)11-10-22(35)14-21(32)15-28(31)36/h12-13,16,19,21-22,25-29,31,35-37H,6-11,14-15,17-18H2,1-5H3,(H,34,38)/t19-,21+,22-,25-,26+,27+,28-,29+,31+,32+,33-/m1/s1. The highest BCUT2D eigenvalue weighted by molar-refractivity contribution is 5.75. The molecule has 0 bridgehead atoms. The lowest BCUT2D eigenvalue weighted by Gasteiger charge is -2.63. The molecule has 224 valence electrons. The van der Waals surface area contributed by atoms with Gasteiger partial charge in [-0.05, 0) is 115 Å². The number of aliphatic hydroxyl groups is 3. The topological polar surface area (TPSA) is 108 Å². The van der Waals surface area contributed by atoms with Gasteiger partial charge in [-0.15, -0.1) is 0 Å². The molecular formula is C33H51NO6. The number of fused-ring (bicyclic) bond motifs is 5. The molecule has 0 aromatic heterocycles. The molecule has 4 N–H and O–H groups in total. The summed E-state index contributed by atoms with van der Waals surface area (Å²) < 4.78 is 10.7. The van der Waals surface area contributed by atoms with Crippen molar-refractivity contribution >= 4 is 5.91 Å². The Labute approximate surface area is 240 Å². The van der Waals surface area contributed by atoms with Crippen LogP contribution in [0.15, 0.2) is 18.2 Å². The van der Waals surface area contributed by atoms with E-state index in [2.05, 4.69) is 26.1 Å². The number of carbonyl (C=O) groups is 1. The van der Waals surface area contributed by atoms with E-state index in [4.69, 9.17) is 9.47 Å². The van der Waals surface area contributed by atoms with Gasteiger partial charge >= 0.3 is 0 Å². The van der Waals surface area contributed by atoms with Crippen molar-refractivity contribution in [3.8, 4) is 11.5 Å². The third-order valence-corrected chi connectivity index (χ3v) is 12.2. The Bertz CT molecular complexity index is 1040. The second kappa shape index (κ2) is 11.4. The van der Waals surface area contributed by atoms with Crippen LogP contribution in [0.25, 0.3) is 0 Å². The SMILES string of the molecule is COc1cc(CNC(=O)CC[C@@H](C)[C@H]2CC[C@H]3[C@@H]4[C@H](O)C[C@@H]5C[C@H](O)CC[C@]5(C)[C@H]4C[C@H](O)[C@]23C)cc(OC)c1. The molecule has 1 aromatic rings. The van der Waals surface area contributed by atoms with Gasteiger partial charge in [-0.25, -0.2) is 0 Å². The van der Waals surface area contributed by atoms with Crippen molar-refractivity contribution in [3.63, 3.8) is 0 Å². The zero-order valence-electron chi connectivity index (χ0n) is 25.1. The summed E-state index contributed by atoms with van der Waals surface area (Å²) in [4.78, 5) is 12.8. The van der Waals surface area contributed by atoms with Crippen molar-refractivity contribution in [2.75, 3.05) is 14.2 Å². The number of hydrogen-bond acceptors (Lipinski definition) is 6. The summed E-state index contributed by atoms with van der Waals surface area (Å²) in [5.74, 6) is 3.20. The van der Waals surface area contributed by atoms with Crippen molar-refractivity contribution in [1.82, 2.24) is 5.32 Å². The molecule has 4 aliphatic rings. The number of carbonyl (C=O) groups excluding carboxylic acids is 1. The molecule has 0 saturated heterocycles. The summed E-state index contributed by atoms with van der Waals surface area (Å²) in [5.41, 5.74) is 0.769. The molecule has 7 heteroatoms. The van der Waals surface area contributed by atoms with Gasteiger partial charge in [-0.3, -0.25) is 4.79 Å². The molecule has 0 aliphatic heterocycles. The smallest absolute Gasteiger partial charge is 0.220 e. The van der Waals surface area contributed by atoms with E-state index in [1.54, 1.807) is 14.2 Å². The molecule has 4 aliphatic carbocycles. The summed E-state index contributed by atoms with van der Waals surface area (Å²) in [5, 5.41) is 36.6. The van der Waals surface area contributed by atoms with Gasteiger partial charge in [0.25, 0.3) is 0 Å². The van der Waals surface area contributed by atoms with Crippen molar-refractivity contribution in [1.29, 1.82) is 0 Å². The minimum absolute atomic E-state index is 0.0266. The number of methoxy groups -OCH3 is 2. The quantitative estimate of drug-likeness (QED) is 0.369. The van der Waals surface area contributed by atoms with Gasteiger partial charge in [-0.1, -0.05) is 20.8 Å². The Hall–Kier alpha value is -1.83. The number of nitrogens with one attached hydrogen (secondary N) is 1. The molecule has 4 fully saturated rings. The van der Waals surface area contributed by atoms with Crippen LogP contribution in [0.1, 0.15) is 84.1 Å². The average Bonchev–Trinajstić information content (AvgIpc) is 3.30. The molecule has 4 saturated carbocycles. The number of hydrogen-bond donors (Lipinski definition) is 4. The van der Waals surface area contributed by atoms with Gasteiger partial charge in [-0.2, -0.15) is 0 Å². The van der Waals surface area contributed by atoms with Crippen LogP contribution in [-0.4, -0.2) is 53.8 Å². The third-order valence-electron chi connectivity index (χ3n) is 12.2. The molecule has 1 amide bonds. The zero-order chi connectivity index (χ0) is 28.8. The third kappa shape index (κ3) is 5.15. The van der Waals surface area contributed by atoms with Crippen molar-refractivity contribution in [2.45, 2.75) is 103 Å². The highest BCUT2D eigenvalue weighted by Gasteiger charge is 2.65. The second-order valence-electron chi connectivity index (χ2n) is 14.0. The van der Waals surface area contributed by atoms with E-state index in [1.165, 1.54) is 0 Å². The van der Waals surface area contributed by atoms with Gasteiger partial charge in [0.05, 0.1) is 32.5 Å². The summed E-state index contributed by atoms with van der Waals surface area (Å²) in [6.45, 7) is 7.31. The maximum absolute atomic E-state index is 12.8. The monoisotopic (exact) mass is 557 g/mol. The predicted octanol–water partition coefficient (Wildman–Crippen LogP) is 4.70. The first-order valence-corrected chi connectivity index (χ1v) is 15.5. The Morgan fingerprint density at radius 2 is 1.70 bits per heavy atom. The van der Waals surface area contributed by atoms with Crippen LogP contribution in [-0.2, 0) is 11.3 Å². The fourth-order valence-corrected chi connectivity index (χ4v) is 9.95. The zero-order valence-corrected chi connectivity index (χ0v) is 25.1. The van der Waals surface area contributed by atoms with Crippen LogP contribution in [0.5, 0.6) is 11.5 Å². The fraction of sp³-hybridized carbons (Fsp3) is 0.788. The highest BCUT2D eigenvalue weighted by Crippen LogP contribution is 2.68. The largest absolute Gasteiger partial charge is 0.497 e. The minimum Gasteiger partial charge on any atom is -0.497 e. The van der Waals surface area contributed by atoms with Crippen LogP contribution in [0.3, 0.4) is 0 Å². The Balaban J connectivity index is 1.22. The molecule has 1 aromatic carbocycles. The normalized spacial score (nSPS) is 41.3. The van der Waals surface area contributed by atoms with E-state index in [0.29, 0.717) is 54.1 Å². The number of aliphatic hydroxyl groups excluding tert-OH is 3. The van der Waals surface area contributed by atoms with Crippen LogP contribution in [0, 0.1) is 46.3 Å². The van der Waals surface area contributed by atoms with Gasteiger partial charge in [0.1, 0.15) is 11.5 Å². The van der Waals surface area contributed by atoms with E-state index < -0.39 is 6.10 Å². The summed E-state index contributed by atoms with van der Waals surface area (Å²) >= 11 is 0. The number of ether oxygens (including phenoxy) is 2. The van der Waals surface area contributed by atoms with Crippen LogP contribution in [0.4, 0.5) is 0 Å². The maximum Gasteiger partial charge on any atom is 0.220 e. The van der Waals surface area contributed by atoms with Gasteiger partial charge in [0, 0.05) is 19.0 Å². The van der Waals surface area contributed by atoms with Crippen LogP contribution < -0.4 is 14.8 Å². The van der Waals surface area contributed by atoms with E-state index >= 15 is 0 Å². The summed E-state index contributed by atoms with van der Waals surface area (Å²) in [7, 11) is 3.23. The predicted molar refractivity (Wildman–Crippen MR) is 154 cm³/mol. The number of rotatable bonds is 8. The van der Waals surface area contributed by atoms with Crippen LogP contribution >= 0.6 is 0 Å². The lowest BCUT2D eigenvalue weighted by molar-refractivity contribution is -0.207. The van der Waals surface area contributed by atoms with E-state index in [9.17, 15) is 20.1 Å². The van der Waals surface area contributed by atoms with Crippen molar-refractivity contribution < 1.29 is 29.6 Å². The van der Waals surface area contributed by atoms with Gasteiger partial charge in [0.2, 0.25) is 5.91 Å². The fourth-order valence-electron chi connectivity index (χ4n) is 9.95. The average molecular weight is 558 g/mol. The van der Waals surface area contributed by atoms with E-state index in [0.717, 1.165) is 56.9 Å². The summed E-state index contributed by atoms with van der Waals surface area (Å²) in [6.07, 6.45) is 6.40. The Morgan fingerprint density at radius 3 is 2.38 bits per heavy atom. The van der Waals surface area contributed by atoms with Crippen molar-refractivity contribution in [3.05, 3.63) is 23.8 Å². The molecule has 0 spiro atoms. The molecule has 11 atom stereocenters. The minimum atomic E-state index is -0.403. The molecule has 0 radical (unpaired) electrons. The molecule has 0 heterocycles. The Kier molecular flexibility index (Phi) is 8.49. The first-order chi connectivity index (χ1) is 19.0. The summed E-state index contributed by atoms with van der Waals surface area (Å²) in [6, 6.07) is 5.62. The molecule has 0 unspecified atom stereocenters. The number of amides is 1. The van der Waals surface area contributed by atoms with Crippen molar-refractivity contribution in [2.24, 2.45) is 46.3 Å². The second-order valence-corrected chi connectivity index (χ2v) is 14.0. The molecule has 7 nitrogen and oxygen atoms in total. The molecule has 40 heavy (non-hydrogen) atoms. The highest BCUT2D eigenvalue weighted by atomic mass is 16.5. The maximum atomic E-state index is 12.8. The van der Waals surface area contributed by atoms with Crippen LogP contribution in [0.2, 0.25) is 0 Å². The Morgan fingerprint density at radius 1 is 1.00 bits per heavy atom. The number of benzene rings is 1. The van der Waals surface area contributed by atoms with E-state index in [-0.39, 0.29) is 34.9 Å². The van der Waals surface area contributed by atoms with E-state index in [1.807, 2.05) is 18.2 Å². The molecule has 5 rings (SSSR count).